The van der Waals surface area contributed by atoms with E-state index < -0.39 is 0 Å². The highest BCUT2D eigenvalue weighted by Gasteiger charge is 2.23. The number of hydrogen-bond acceptors (Lipinski definition) is 2. The first-order valence-corrected chi connectivity index (χ1v) is 7.75. The van der Waals surface area contributed by atoms with Crippen molar-refractivity contribution < 1.29 is 9.59 Å². The molecule has 0 aliphatic heterocycles. The second-order valence-electron chi connectivity index (χ2n) is 5.74. The van der Waals surface area contributed by atoms with Gasteiger partial charge < -0.3 is 0 Å². The number of Topliss-reactive ketones (excluding diaryl/α,β-unsaturated/α-hetero) is 1. The Labute approximate surface area is 136 Å². The van der Waals surface area contributed by atoms with Gasteiger partial charge in [0.25, 0.3) is 0 Å². The van der Waals surface area contributed by atoms with E-state index in [9.17, 15) is 9.59 Å². The molecule has 0 amide bonds. The zero-order valence-electron chi connectivity index (χ0n) is 13.0. The number of hydrogen-bond donors (Lipinski definition) is 0. The Hall–Kier alpha value is -2.74. The fourth-order valence-electron chi connectivity index (χ4n) is 2.78. The van der Waals surface area contributed by atoms with Crippen molar-refractivity contribution in [2.24, 2.45) is 5.92 Å². The van der Waals surface area contributed by atoms with Crippen LogP contribution in [0.1, 0.15) is 34.3 Å². The molecule has 0 spiro atoms. The Kier molecular flexibility index (Phi) is 4.33. The highest BCUT2D eigenvalue weighted by molar-refractivity contribution is 6.09. The molecule has 2 heteroatoms. The van der Waals surface area contributed by atoms with E-state index in [1.807, 2.05) is 67.6 Å². The van der Waals surface area contributed by atoms with E-state index in [0.717, 1.165) is 5.56 Å². The summed E-state index contributed by atoms with van der Waals surface area (Å²) < 4.78 is 0. The molecule has 1 aliphatic rings. The molecule has 23 heavy (non-hydrogen) atoms. The standard InChI is InChI=1S/C21H18O2/c1-15(20(22)16-10-5-6-11-16)18-12-7-13-19(14-18)21(23)17-8-3-2-4-9-17/h2-16H,1H3. The average molecular weight is 302 g/mol. The van der Waals surface area contributed by atoms with E-state index in [4.69, 9.17) is 0 Å². The maximum atomic E-state index is 12.5. The van der Waals surface area contributed by atoms with Crippen LogP contribution >= 0.6 is 0 Å². The molecular weight excluding hydrogens is 284 g/mol. The van der Waals surface area contributed by atoms with Gasteiger partial charge in [-0.1, -0.05) is 79.8 Å². The minimum absolute atomic E-state index is 0.0206. The van der Waals surface area contributed by atoms with E-state index in [-0.39, 0.29) is 23.4 Å². The third kappa shape index (κ3) is 3.21. The molecule has 2 nitrogen and oxygen atoms in total. The van der Waals surface area contributed by atoms with Crippen molar-refractivity contribution in [2.45, 2.75) is 12.8 Å². The van der Waals surface area contributed by atoms with E-state index >= 15 is 0 Å². The van der Waals surface area contributed by atoms with Crippen LogP contribution in [0.2, 0.25) is 0 Å². The molecule has 114 valence electrons. The molecule has 0 aromatic heterocycles. The van der Waals surface area contributed by atoms with Gasteiger partial charge in [0.1, 0.15) is 0 Å². The molecule has 0 N–H and O–H groups in total. The van der Waals surface area contributed by atoms with Gasteiger partial charge in [0.05, 0.1) is 5.92 Å². The normalized spacial score (nSPS) is 14.8. The van der Waals surface area contributed by atoms with Crippen molar-refractivity contribution in [1.82, 2.24) is 0 Å². The van der Waals surface area contributed by atoms with Crippen LogP contribution in [0.3, 0.4) is 0 Å². The summed E-state index contributed by atoms with van der Waals surface area (Å²) in [7, 11) is 0. The number of rotatable bonds is 5. The van der Waals surface area contributed by atoms with Crippen molar-refractivity contribution in [1.29, 1.82) is 0 Å². The van der Waals surface area contributed by atoms with Gasteiger partial charge in [-0.15, -0.1) is 0 Å². The molecule has 1 unspecified atom stereocenters. The molecule has 0 saturated carbocycles. The predicted octanol–water partition coefficient (Wildman–Crippen LogP) is 4.33. The Bertz CT molecular complexity index is 772. The molecule has 0 bridgehead atoms. The van der Waals surface area contributed by atoms with Crippen LogP contribution in [0.15, 0.2) is 78.9 Å². The zero-order valence-corrected chi connectivity index (χ0v) is 13.0. The fraction of sp³-hybridized carbons (Fsp3) is 0.143. The summed E-state index contributed by atoms with van der Waals surface area (Å²) in [6.45, 7) is 1.90. The van der Waals surface area contributed by atoms with Crippen LogP contribution in [0, 0.1) is 5.92 Å². The van der Waals surface area contributed by atoms with Crippen molar-refractivity contribution in [2.75, 3.05) is 0 Å². The first kappa shape index (κ1) is 15.2. The molecule has 2 aromatic carbocycles. The van der Waals surface area contributed by atoms with E-state index in [0.29, 0.717) is 11.1 Å². The van der Waals surface area contributed by atoms with Crippen molar-refractivity contribution in [3.8, 4) is 0 Å². The third-order valence-corrected chi connectivity index (χ3v) is 4.19. The highest BCUT2D eigenvalue weighted by atomic mass is 16.1. The fourth-order valence-corrected chi connectivity index (χ4v) is 2.78. The molecule has 1 aliphatic carbocycles. The van der Waals surface area contributed by atoms with Gasteiger partial charge in [-0.05, 0) is 11.6 Å². The van der Waals surface area contributed by atoms with E-state index in [2.05, 4.69) is 0 Å². The van der Waals surface area contributed by atoms with Crippen LogP contribution in [-0.4, -0.2) is 11.6 Å². The molecule has 0 heterocycles. The third-order valence-electron chi connectivity index (χ3n) is 4.19. The summed E-state index contributed by atoms with van der Waals surface area (Å²) in [5.41, 5.74) is 2.15. The summed E-state index contributed by atoms with van der Waals surface area (Å²) in [6.07, 6.45) is 7.59. The maximum absolute atomic E-state index is 12.5. The first-order valence-electron chi connectivity index (χ1n) is 7.75. The minimum atomic E-state index is -0.240. The second-order valence-corrected chi connectivity index (χ2v) is 5.74. The van der Waals surface area contributed by atoms with Gasteiger partial charge in [0, 0.05) is 17.0 Å². The zero-order chi connectivity index (χ0) is 16.2. The Balaban J connectivity index is 1.85. The molecule has 1 atom stereocenters. The second kappa shape index (κ2) is 6.57. The summed E-state index contributed by atoms with van der Waals surface area (Å²) in [5, 5.41) is 0. The van der Waals surface area contributed by atoms with Gasteiger partial charge in [-0.2, -0.15) is 0 Å². The van der Waals surface area contributed by atoms with Crippen LogP contribution in [0.5, 0.6) is 0 Å². The van der Waals surface area contributed by atoms with E-state index in [1.54, 1.807) is 18.2 Å². The predicted molar refractivity (Wildman–Crippen MR) is 91.5 cm³/mol. The molecule has 0 fully saturated rings. The van der Waals surface area contributed by atoms with Gasteiger partial charge in [-0.3, -0.25) is 9.59 Å². The minimum Gasteiger partial charge on any atom is -0.298 e. The Morgan fingerprint density at radius 1 is 0.870 bits per heavy atom. The van der Waals surface area contributed by atoms with Crippen molar-refractivity contribution in [3.05, 3.63) is 95.6 Å². The SMILES string of the molecule is CC(C(=O)C1C=CC=C1)c1cccc(C(=O)c2ccccc2)c1. The molecular formula is C21H18O2. The average Bonchev–Trinajstić information content (AvgIpc) is 3.15. The van der Waals surface area contributed by atoms with Crippen molar-refractivity contribution in [3.63, 3.8) is 0 Å². The number of benzene rings is 2. The number of ketones is 2. The van der Waals surface area contributed by atoms with Gasteiger partial charge >= 0.3 is 0 Å². The summed E-state index contributed by atoms with van der Waals surface area (Å²) in [6, 6.07) is 16.6. The van der Waals surface area contributed by atoms with Crippen LogP contribution in [0.25, 0.3) is 0 Å². The topological polar surface area (TPSA) is 34.1 Å². The lowest BCUT2D eigenvalue weighted by Gasteiger charge is -2.14. The molecule has 0 radical (unpaired) electrons. The van der Waals surface area contributed by atoms with Gasteiger partial charge in [0.2, 0.25) is 0 Å². The monoisotopic (exact) mass is 302 g/mol. The number of carbonyl (C=O) groups excluding carboxylic acids is 2. The molecule has 2 aromatic rings. The number of allylic oxidation sites excluding steroid dienone is 4. The summed E-state index contributed by atoms with van der Waals surface area (Å²) >= 11 is 0. The Morgan fingerprint density at radius 2 is 1.52 bits per heavy atom. The van der Waals surface area contributed by atoms with Gasteiger partial charge in [-0.25, -0.2) is 0 Å². The lowest BCUT2D eigenvalue weighted by molar-refractivity contribution is -0.121. The lowest BCUT2D eigenvalue weighted by atomic mass is 9.88. The lowest BCUT2D eigenvalue weighted by Crippen LogP contribution is -2.16. The van der Waals surface area contributed by atoms with Crippen LogP contribution in [-0.2, 0) is 4.79 Å². The smallest absolute Gasteiger partial charge is 0.193 e. The Morgan fingerprint density at radius 3 is 2.22 bits per heavy atom. The van der Waals surface area contributed by atoms with Gasteiger partial charge in [0.15, 0.2) is 11.6 Å². The number of carbonyl (C=O) groups is 2. The highest BCUT2D eigenvalue weighted by Crippen LogP contribution is 2.25. The first-order chi connectivity index (χ1) is 11.2. The maximum Gasteiger partial charge on any atom is 0.193 e. The molecule has 3 rings (SSSR count). The van der Waals surface area contributed by atoms with Crippen molar-refractivity contribution >= 4 is 11.6 Å². The summed E-state index contributed by atoms with van der Waals surface area (Å²) in [5.74, 6) is -0.263. The summed E-state index contributed by atoms with van der Waals surface area (Å²) in [4.78, 5) is 25.0. The van der Waals surface area contributed by atoms with Crippen LogP contribution < -0.4 is 0 Å². The van der Waals surface area contributed by atoms with E-state index in [1.165, 1.54) is 0 Å². The van der Waals surface area contributed by atoms with Crippen LogP contribution in [0.4, 0.5) is 0 Å². The molecule has 0 saturated heterocycles. The largest absolute Gasteiger partial charge is 0.298 e. The quantitative estimate of drug-likeness (QED) is 0.770.